The van der Waals surface area contributed by atoms with Gasteiger partial charge in [-0.15, -0.1) is 0 Å². The van der Waals surface area contributed by atoms with E-state index < -0.39 is 17.8 Å². The first-order chi connectivity index (χ1) is 9.47. The Morgan fingerprint density at radius 3 is 2.85 bits per heavy atom. The van der Waals surface area contributed by atoms with Crippen LogP contribution in [0.3, 0.4) is 0 Å². The molecule has 1 fully saturated rings. The number of rotatable bonds is 3. The molecule has 1 heterocycles. The molecule has 5 nitrogen and oxygen atoms in total. The summed E-state index contributed by atoms with van der Waals surface area (Å²) in [5.74, 6) is -1.15. The summed E-state index contributed by atoms with van der Waals surface area (Å²) in [6.45, 7) is 0.638. The van der Waals surface area contributed by atoms with Crippen LogP contribution in [0.15, 0.2) is 22.7 Å². The third-order valence-corrected chi connectivity index (χ3v) is 3.62. The normalized spacial score (nSPS) is 18.1. The molecule has 0 radical (unpaired) electrons. The molecule has 0 aliphatic carbocycles. The lowest BCUT2D eigenvalue weighted by atomic mass is 10.2. The van der Waals surface area contributed by atoms with E-state index >= 15 is 0 Å². The monoisotopic (exact) mass is 344 g/mol. The fraction of sp³-hybridized carbons (Fsp3) is 0.385. The maximum Gasteiger partial charge on any atom is 0.338 e. The van der Waals surface area contributed by atoms with Gasteiger partial charge in [0.1, 0.15) is 12.4 Å². The third-order valence-electron chi connectivity index (χ3n) is 3.17. The second-order valence-electron chi connectivity index (χ2n) is 4.58. The molecule has 1 aliphatic rings. The van der Waals surface area contributed by atoms with Gasteiger partial charge >= 0.3 is 12.0 Å². The molecule has 0 bridgehead atoms. The zero-order valence-corrected chi connectivity index (χ0v) is 12.2. The molecule has 2 N–H and O–H groups in total. The van der Waals surface area contributed by atoms with Crippen molar-refractivity contribution in [3.8, 4) is 0 Å². The van der Waals surface area contributed by atoms with Crippen molar-refractivity contribution in [2.75, 3.05) is 13.2 Å². The summed E-state index contributed by atoms with van der Waals surface area (Å²) in [6, 6.07) is 3.12. The maximum atomic E-state index is 13.2. The Balaban J connectivity index is 1.96. The van der Waals surface area contributed by atoms with Crippen LogP contribution in [0.1, 0.15) is 23.2 Å². The summed E-state index contributed by atoms with van der Waals surface area (Å²) < 4.78 is 18.8. The standard InChI is InChI=1S/C13H14BrFN2O3/c14-9-4-8(5-10(15)6-9)12(18)20-7-11-2-1-3-17(11)13(16)19/h4-6,11H,1-3,7H2,(H2,16,19)/t11-/m0/s1. The zero-order valence-electron chi connectivity index (χ0n) is 10.6. The Kier molecular flexibility index (Phi) is 4.59. The summed E-state index contributed by atoms with van der Waals surface area (Å²) in [5.41, 5.74) is 5.36. The summed E-state index contributed by atoms with van der Waals surface area (Å²) in [5, 5.41) is 0. The van der Waals surface area contributed by atoms with Crippen LogP contribution in [0.4, 0.5) is 9.18 Å². The van der Waals surface area contributed by atoms with Crippen LogP contribution in [0.5, 0.6) is 0 Å². The number of carbonyl (C=O) groups excluding carboxylic acids is 2. The molecule has 1 aromatic carbocycles. The maximum absolute atomic E-state index is 13.2. The van der Waals surface area contributed by atoms with Gasteiger partial charge in [-0.1, -0.05) is 15.9 Å². The van der Waals surface area contributed by atoms with Gasteiger partial charge in [0.2, 0.25) is 0 Å². The van der Waals surface area contributed by atoms with E-state index in [2.05, 4.69) is 15.9 Å². The molecule has 0 saturated carbocycles. The molecular formula is C13H14BrFN2O3. The molecule has 1 aliphatic heterocycles. The molecular weight excluding hydrogens is 331 g/mol. The Labute approximate surface area is 124 Å². The Morgan fingerprint density at radius 2 is 2.20 bits per heavy atom. The molecule has 0 unspecified atom stereocenters. The number of benzene rings is 1. The van der Waals surface area contributed by atoms with E-state index in [0.717, 1.165) is 18.9 Å². The molecule has 20 heavy (non-hydrogen) atoms. The molecule has 108 valence electrons. The number of nitrogens with zero attached hydrogens (tertiary/aromatic N) is 1. The Hall–Kier alpha value is -1.63. The predicted octanol–water partition coefficient (Wildman–Crippen LogP) is 2.29. The topological polar surface area (TPSA) is 72.6 Å². The van der Waals surface area contributed by atoms with E-state index in [1.807, 2.05) is 0 Å². The van der Waals surface area contributed by atoms with Gasteiger partial charge in [-0.3, -0.25) is 0 Å². The summed E-state index contributed by atoms with van der Waals surface area (Å²) in [4.78, 5) is 24.5. The highest BCUT2D eigenvalue weighted by Gasteiger charge is 2.28. The number of hydrogen-bond acceptors (Lipinski definition) is 3. The number of hydrogen-bond donors (Lipinski definition) is 1. The molecule has 1 atom stereocenters. The number of nitrogens with two attached hydrogens (primary N) is 1. The molecule has 1 saturated heterocycles. The van der Waals surface area contributed by atoms with E-state index in [4.69, 9.17) is 10.5 Å². The molecule has 2 amide bonds. The van der Waals surface area contributed by atoms with Gasteiger partial charge in [-0.25, -0.2) is 14.0 Å². The fourth-order valence-electron chi connectivity index (χ4n) is 2.23. The average Bonchev–Trinajstić information content (AvgIpc) is 2.83. The van der Waals surface area contributed by atoms with E-state index in [-0.39, 0.29) is 18.2 Å². The minimum atomic E-state index is -0.624. The van der Waals surface area contributed by atoms with Crippen molar-refractivity contribution >= 4 is 27.9 Å². The van der Waals surface area contributed by atoms with Gasteiger partial charge in [0, 0.05) is 11.0 Å². The molecule has 0 spiro atoms. The molecule has 2 rings (SSSR count). The quantitative estimate of drug-likeness (QED) is 0.855. The first kappa shape index (κ1) is 14.8. The van der Waals surface area contributed by atoms with Crippen LogP contribution in [-0.4, -0.2) is 36.1 Å². The predicted molar refractivity (Wildman–Crippen MR) is 73.7 cm³/mol. The number of primary amides is 1. The van der Waals surface area contributed by atoms with E-state index in [0.29, 0.717) is 11.0 Å². The second kappa shape index (κ2) is 6.21. The smallest absolute Gasteiger partial charge is 0.338 e. The summed E-state index contributed by atoms with van der Waals surface area (Å²) >= 11 is 3.11. The van der Waals surface area contributed by atoms with Gasteiger partial charge in [-0.2, -0.15) is 0 Å². The summed E-state index contributed by atoms with van der Waals surface area (Å²) in [7, 11) is 0. The Bertz CT molecular complexity index is 518. The molecule has 1 aromatic rings. The fourth-order valence-corrected chi connectivity index (χ4v) is 2.69. The SMILES string of the molecule is NC(=O)N1CCC[C@H]1COC(=O)c1cc(F)cc(Br)c1. The first-order valence-corrected chi connectivity index (χ1v) is 6.96. The number of halogens is 2. The van der Waals surface area contributed by atoms with Crippen LogP contribution < -0.4 is 5.73 Å². The molecule has 7 heteroatoms. The lowest BCUT2D eigenvalue weighted by molar-refractivity contribution is 0.0421. The number of carbonyl (C=O) groups is 2. The van der Waals surface area contributed by atoms with Crippen LogP contribution in [0, 0.1) is 5.82 Å². The van der Waals surface area contributed by atoms with Gasteiger partial charge in [-0.05, 0) is 31.0 Å². The van der Waals surface area contributed by atoms with E-state index in [1.165, 1.54) is 17.0 Å². The first-order valence-electron chi connectivity index (χ1n) is 6.16. The Morgan fingerprint density at radius 1 is 1.45 bits per heavy atom. The van der Waals surface area contributed by atoms with Crippen LogP contribution in [0.25, 0.3) is 0 Å². The van der Waals surface area contributed by atoms with Crippen molar-refractivity contribution in [3.05, 3.63) is 34.1 Å². The minimum absolute atomic E-state index is 0.0654. The van der Waals surface area contributed by atoms with E-state index in [9.17, 15) is 14.0 Å². The average molecular weight is 345 g/mol. The second-order valence-corrected chi connectivity index (χ2v) is 5.50. The van der Waals surface area contributed by atoms with Crippen molar-refractivity contribution in [1.29, 1.82) is 0 Å². The van der Waals surface area contributed by atoms with Gasteiger partial charge < -0.3 is 15.4 Å². The number of urea groups is 1. The number of amides is 2. The highest BCUT2D eigenvalue weighted by molar-refractivity contribution is 9.10. The number of ether oxygens (including phenoxy) is 1. The van der Waals surface area contributed by atoms with E-state index in [1.54, 1.807) is 0 Å². The van der Waals surface area contributed by atoms with Crippen LogP contribution in [0.2, 0.25) is 0 Å². The summed E-state index contributed by atoms with van der Waals surface area (Å²) in [6.07, 6.45) is 1.57. The van der Waals surface area contributed by atoms with Crippen LogP contribution >= 0.6 is 15.9 Å². The van der Waals surface area contributed by atoms with Crippen LogP contribution in [-0.2, 0) is 4.74 Å². The largest absolute Gasteiger partial charge is 0.460 e. The van der Waals surface area contributed by atoms with Crippen molar-refractivity contribution in [1.82, 2.24) is 4.90 Å². The third kappa shape index (κ3) is 3.47. The van der Waals surface area contributed by atoms with Crippen molar-refractivity contribution in [2.45, 2.75) is 18.9 Å². The highest BCUT2D eigenvalue weighted by Crippen LogP contribution is 2.19. The highest BCUT2D eigenvalue weighted by atomic mass is 79.9. The zero-order chi connectivity index (χ0) is 14.7. The van der Waals surface area contributed by atoms with Gasteiger partial charge in [0.25, 0.3) is 0 Å². The number of likely N-dealkylation sites (tertiary alicyclic amines) is 1. The lowest BCUT2D eigenvalue weighted by Crippen LogP contribution is -2.41. The van der Waals surface area contributed by atoms with Crippen molar-refractivity contribution < 1.29 is 18.7 Å². The van der Waals surface area contributed by atoms with Gasteiger partial charge in [0.15, 0.2) is 0 Å². The number of esters is 1. The minimum Gasteiger partial charge on any atom is -0.460 e. The van der Waals surface area contributed by atoms with Gasteiger partial charge in [0.05, 0.1) is 11.6 Å². The molecule has 0 aromatic heterocycles. The van der Waals surface area contributed by atoms with Crippen molar-refractivity contribution in [2.24, 2.45) is 5.73 Å². The van der Waals surface area contributed by atoms with Crippen molar-refractivity contribution in [3.63, 3.8) is 0 Å². The lowest BCUT2D eigenvalue weighted by Gasteiger charge is -2.22.